The molecule has 0 bridgehead atoms. The van der Waals surface area contributed by atoms with Gasteiger partial charge < -0.3 is 0 Å². The highest BCUT2D eigenvalue weighted by atomic mass is 14.6. The Morgan fingerprint density at radius 1 is 1.09 bits per heavy atom. The van der Waals surface area contributed by atoms with Crippen molar-refractivity contribution in [3.8, 4) is 0 Å². The fourth-order valence-corrected chi connectivity index (χ4v) is 6.99. The average Bonchev–Trinajstić information content (AvgIpc) is 2.82. The minimum Gasteiger partial charge on any atom is -0.0993 e. The largest absolute Gasteiger partial charge is 0.0993 e. The summed E-state index contributed by atoms with van der Waals surface area (Å²) in [6.45, 7) is 12.0. The van der Waals surface area contributed by atoms with E-state index in [1.807, 2.05) is 5.57 Å². The Bertz CT molecular complexity index is 512. The molecule has 3 unspecified atom stereocenters. The van der Waals surface area contributed by atoms with Crippen LogP contribution in [0.3, 0.4) is 0 Å². The zero-order chi connectivity index (χ0) is 15.5. The van der Waals surface area contributed by atoms with Crippen molar-refractivity contribution in [3.63, 3.8) is 0 Å². The predicted molar refractivity (Wildman–Crippen MR) is 94.6 cm³/mol. The molecule has 0 nitrogen and oxygen atoms in total. The second kappa shape index (κ2) is 4.99. The van der Waals surface area contributed by atoms with Crippen LogP contribution in [0.5, 0.6) is 0 Å². The minimum atomic E-state index is 0.476. The van der Waals surface area contributed by atoms with Crippen LogP contribution in [0.1, 0.15) is 78.6 Å². The first-order valence-corrected chi connectivity index (χ1v) is 9.87. The van der Waals surface area contributed by atoms with Crippen molar-refractivity contribution in [2.24, 2.45) is 34.5 Å². The molecule has 0 aromatic carbocycles. The highest BCUT2D eigenvalue weighted by molar-refractivity contribution is 5.28. The molecule has 0 heterocycles. The number of hydrogen-bond donors (Lipinski definition) is 0. The van der Waals surface area contributed by atoms with Gasteiger partial charge >= 0.3 is 0 Å². The van der Waals surface area contributed by atoms with E-state index in [9.17, 15) is 0 Å². The molecule has 0 radical (unpaired) electrons. The van der Waals surface area contributed by atoms with Crippen molar-refractivity contribution in [1.29, 1.82) is 0 Å². The fourth-order valence-electron chi connectivity index (χ4n) is 6.99. The molecular weight excluding hydrogens is 264 g/mol. The van der Waals surface area contributed by atoms with Crippen molar-refractivity contribution in [3.05, 3.63) is 23.8 Å². The standard InChI is InChI=1S/C22H34/c1-5-16-10-12-22(4)17(14-16)7-8-18-19-9-6-15(2)21(19,3)13-11-20(18)22/h7,16,18-20H,2,5-6,8-14H2,1,3-4H3/t16-,18?,19?,20?,21+,22-/m0/s1. The number of allylic oxidation sites excluding steroid dienone is 3. The van der Waals surface area contributed by atoms with Gasteiger partial charge in [-0.05, 0) is 85.9 Å². The molecule has 0 N–H and O–H groups in total. The van der Waals surface area contributed by atoms with Gasteiger partial charge in [0, 0.05) is 0 Å². The van der Waals surface area contributed by atoms with E-state index in [4.69, 9.17) is 0 Å². The van der Waals surface area contributed by atoms with Gasteiger partial charge in [0.15, 0.2) is 0 Å². The van der Waals surface area contributed by atoms with Crippen molar-refractivity contribution < 1.29 is 0 Å². The number of hydrogen-bond acceptors (Lipinski definition) is 0. The lowest BCUT2D eigenvalue weighted by atomic mass is 9.47. The van der Waals surface area contributed by atoms with Gasteiger partial charge in [-0.2, -0.15) is 0 Å². The van der Waals surface area contributed by atoms with Crippen LogP contribution in [0, 0.1) is 34.5 Å². The Balaban J connectivity index is 1.66. The maximum atomic E-state index is 4.45. The van der Waals surface area contributed by atoms with E-state index in [2.05, 4.69) is 33.4 Å². The van der Waals surface area contributed by atoms with E-state index in [1.165, 1.54) is 57.8 Å². The summed E-state index contributed by atoms with van der Waals surface area (Å²) < 4.78 is 0. The number of rotatable bonds is 1. The van der Waals surface area contributed by atoms with E-state index in [0.29, 0.717) is 10.8 Å². The summed E-state index contributed by atoms with van der Waals surface area (Å²) in [5, 5.41) is 0. The summed E-state index contributed by atoms with van der Waals surface area (Å²) in [5.74, 6) is 3.81. The average molecular weight is 299 g/mol. The molecule has 4 aliphatic rings. The van der Waals surface area contributed by atoms with Crippen LogP contribution in [0.2, 0.25) is 0 Å². The Morgan fingerprint density at radius 2 is 1.82 bits per heavy atom. The van der Waals surface area contributed by atoms with Crippen LogP contribution in [-0.4, -0.2) is 0 Å². The number of fused-ring (bicyclic) bond motifs is 5. The third-order valence-corrected chi connectivity index (χ3v) is 8.74. The van der Waals surface area contributed by atoms with Gasteiger partial charge in [0.1, 0.15) is 0 Å². The third kappa shape index (κ3) is 1.88. The SMILES string of the molecule is C=C1CCC2C3CC=C4C[C@@H](CC)CC[C@]4(C)C3CC[C@]12C. The second-order valence-electron chi connectivity index (χ2n) is 9.37. The Morgan fingerprint density at radius 3 is 2.59 bits per heavy atom. The van der Waals surface area contributed by atoms with Crippen LogP contribution < -0.4 is 0 Å². The van der Waals surface area contributed by atoms with Gasteiger partial charge in [-0.1, -0.05) is 51.0 Å². The summed E-state index contributed by atoms with van der Waals surface area (Å²) in [6, 6.07) is 0. The van der Waals surface area contributed by atoms with Crippen molar-refractivity contribution >= 4 is 0 Å². The van der Waals surface area contributed by atoms with Gasteiger partial charge in [-0.25, -0.2) is 0 Å². The second-order valence-corrected chi connectivity index (χ2v) is 9.37. The van der Waals surface area contributed by atoms with Gasteiger partial charge in [0.05, 0.1) is 0 Å². The van der Waals surface area contributed by atoms with Crippen LogP contribution in [0.15, 0.2) is 23.8 Å². The molecule has 0 aliphatic heterocycles. The molecule has 0 amide bonds. The quantitative estimate of drug-likeness (QED) is 0.483. The molecule has 6 atom stereocenters. The fraction of sp³-hybridized carbons (Fsp3) is 0.818. The molecule has 22 heavy (non-hydrogen) atoms. The molecule has 3 saturated carbocycles. The zero-order valence-electron chi connectivity index (χ0n) is 15.0. The third-order valence-electron chi connectivity index (χ3n) is 8.74. The topological polar surface area (TPSA) is 0 Å². The molecule has 122 valence electrons. The van der Waals surface area contributed by atoms with Crippen LogP contribution in [-0.2, 0) is 0 Å². The van der Waals surface area contributed by atoms with Crippen LogP contribution in [0.4, 0.5) is 0 Å². The molecule has 0 spiro atoms. The highest BCUT2D eigenvalue weighted by Crippen LogP contribution is 2.66. The maximum absolute atomic E-state index is 4.45. The van der Waals surface area contributed by atoms with E-state index in [0.717, 1.165) is 23.7 Å². The first kappa shape index (κ1) is 15.0. The van der Waals surface area contributed by atoms with Crippen LogP contribution in [0.25, 0.3) is 0 Å². The lowest BCUT2D eigenvalue weighted by molar-refractivity contribution is -0.0181. The lowest BCUT2D eigenvalue weighted by Gasteiger charge is -2.57. The maximum Gasteiger partial charge on any atom is -0.00851 e. The normalized spacial score (nSPS) is 50.9. The minimum absolute atomic E-state index is 0.476. The summed E-state index contributed by atoms with van der Waals surface area (Å²) in [7, 11) is 0. The molecule has 0 heteroatoms. The Hall–Kier alpha value is -0.520. The zero-order valence-corrected chi connectivity index (χ0v) is 15.0. The van der Waals surface area contributed by atoms with E-state index in [-0.39, 0.29) is 0 Å². The van der Waals surface area contributed by atoms with Gasteiger partial charge in [0.2, 0.25) is 0 Å². The van der Waals surface area contributed by atoms with E-state index in [1.54, 1.807) is 5.57 Å². The molecule has 4 rings (SSSR count). The Kier molecular flexibility index (Phi) is 3.41. The smallest absolute Gasteiger partial charge is 0.00851 e. The first-order valence-electron chi connectivity index (χ1n) is 9.87. The molecule has 0 saturated heterocycles. The Labute approximate surface area is 137 Å². The summed E-state index contributed by atoms with van der Waals surface area (Å²) in [4.78, 5) is 0. The van der Waals surface area contributed by atoms with Gasteiger partial charge in [0.25, 0.3) is 0 Å². The molecule has 4 aliphatic carbocycles. The lowest BCUT2D eigenvalue weighted by Crippen LogP contribution is -2.49. The highest BCUT2D eigenvalue weighted by Gasteiger charge is 2.56. The summed E-state index contributed by atoms with van der Waals surface area (Å²) >= 11 is 0. The molecule has 3 fully saturated rings. The van der Waals surface area contributed by atoms with Crippen LogP contribution >= 0.6 is 0 Å². The molecule has 0 aromatic heterocycles. The predicted octanol–water partition coefficient (Wildman–Crippen LogP) is 6.53. The van der Waals surface area contributed by atoms with Gasteiger partial charge in [-0.15, -0.1) is 0 Å². The van der Waals surface area contributed by atoms with Crippen molar-refractivity contribution in [2.45, 2.75) is 78.6 Å². The summed E-state index contributed by atoms with van der Waals surface area (Å²) in [5.41, 5.74) is 4.45. The van der Waals surface area contributed by atoms with Crippen molar-refractivity contribution in [1.82, 2.24) is 0 Å². The van der Waals surface area contributed by atoms with Gasteiger partial charge in [-0.3, -0.25) is 0 Å². The molecular formula is C22H34. The van der Waals surface area contributed by atoms with E-state index >= 15 is 0 Å². The molecule has 0 aromatic rings. The first-order chi connectivity index (χ1) is 10.5. The van der Waals surface area contributed by atoms with Crippen molar-refractivity contribution in [2.75, 3.05) is 0 Å². The monoisotopic (exact) mass is 298 g/mol. The summed E-state index contributed by atoms with van der Waals surface area (Å²) in [6.07, 6.45) is 15.4. The van der Waals surface area contributed by atoms with E-state index < -0.39 is 0 Å².